The topological polar surface area (TPSA) is 44.6 Å². The normalized spacial score (nSPS) is 14.4. The number of hydrogen-bond donors (Lipinski definition) is 0. The molecule has 0 radical (unpaired) electrons. The number of halogens is 1. The monoisotopic (exact) mass is 393 g/mol. The first-order valence-electron chi connectivity index (χ1n) is 7.97. The number of aromatic nitrogens is 2. The molecule has 6 heteroatoms. The maximum absolute atomic E-state index is 4.85. The predicted octanol–water partition coefficient (Wildman–Crippen LogP) is 3.93. The van der Waals surface area contributed by atoms with Crippen LogP contribution in [0.1, 0.15) is 5.69 Å². The fourth-order valence-corrected chi connectivity index (χ4v) is 3.26. The van der Waals surface area contributed by atoms with Crippen LogP contribution in [0, 0.1) is 0 Å². The summed E-state index contributed by atoms with van der Waals surface area (Å²) in [4.78, 5) is 11.0. The second-order valence-electron chi connectivity index (χ2n) is 5.66. The molecule has 0 aliphatic carbocycles. The highest BCUT2D eigenvalue weighted by atomic mass is 79.9. The first-order valence-corrected chi connectivity index (χ1v) is 8.76. The maximum Gasteiger partial charge on any atom is 0.113 e. The van der Waals surface area contributed by atoms with Gasteiger partial charge in [0.05, 0.1) is 29.8 Å². The summed E-state index contributed by atoms with van der Waals surface area (Å²) in [5.41, 5.74) is 3.88. The Labute approximate surface area is 154 Å². The molecule has 2 aromatic heterocycles. The molecule has 0 N–H and O–H groups in total. The van der Waals surface area contributed by atoms with Crippen molar-refractivity contribution in [2.75, 3.05) is 23.1 Å². The molecule has 0 atom stereocenters. The molecule has 0 amide bonds. The molecule has 1 aliphatic rings. The molecule has 3 aromatic rings. The van der Waals surface area contributed by atoms with E-state index in [-0.39, 0.29) is 0 Å². The van der Waals surface area contributed by atoms with Crippen LogP contribution >= 0.6 is 15.9 Å². The highest BCUT2D eigenvalue weighted by Crippen LogP contribution is 2.29. The van der Waals surface area contributed by atoms with Crippen LogP contribution in [0.3, 0.4) is 0 Å². The van der Waals surface area contributed by atoms with Crippen molar-refractivity contribution < 1.29 is 0 Å². The third-order valence-electron chi connectivity index (χ3n) is 3.99. The van der Waals surface area contributed by atoms with Gasteiger partial charge >= 0.3 is 0 Å². The minimum atomic E-state index is 0.643. The summed E-state index contributed by atoms with van der Waals surface area (Å²) in [5.74, 6) is 0. The van der Waals surface area contributed by atoms with Gasteiger partial charge in [0.2, 0.25) is 0 Å². The van der Waals surface area contributed by atoms with E-state index < -0.39 is 0 Å². The van der Waals surface area contributed by atoms with Crippen molar-refractivity contribution in [1.29, 1.82) is 0 Å². The Bertz CT molecular complexity index is 883. The van der Waals surface area contributed by atoms with Crippen LogP contribution in [0.5, 0.6) is 0 Å². The molecular formula is C19H16BrN5. The van der Waals surface area contributed by atoms with Crippen LogP contribution in [-0.2, 0) is 0 Å². The molecule has 0 spiro atoms. The number of hydrogen-bond acceptors (Lipinski definition) is 5. The lowest BCUT2D eigenvalue weighted by Gasteiger charge is -2.35. The Kier molecular flexibility index (Phi) is 4.43. The second kappa shape index (κ2) is 7.03. The van der Waals surface area contributed by atoms with Gasteiger partial charge in [-0.15, -0.1) is 0 Å². The van der Waals surface area contributed by atoms with Gasteiger partial charge in [-0.3, -0.25) is 9.97 Å². The molecular weight excluding hydrogens is 378 g/mol. The summed E-state index contributed by atoms with van der Waals surface area (Å²) in [6.45, 7) is 1.33. The quantitative estimate of drug-likeness (QED) is 0.676. The largest absolute Gasteiger partial charge is 0.345 e. The molecule has 3 heterocycles. The predicted molar refractivity (Wildman–Crippen MR) is 104 cm³/mol. The Morgan fingerprint density at radius 2 is 1.80 bits per heavy atom. The molecule has 5 nitrogen and oxygen atoms in total. The van der Waals surface area contributed by atoms with Crippen LogP contribution in [0.4, 0.5) is 11.4 Å². The number of benzene rings is 1. The Morgan fingerprint density at radius 1 is 0.920 bits per heavy atom. The van der Waals surface area contributed by atoms with Crippen molar-refractivity contribution in [1.82, 2.24) is 9.97 Å². The minimum Gasteiger partial charge on any atom is -0.345 e. The summed E-state index contributed by atoms with van der Waals surface area (Å²) in [5, 5.41) is 6.84. The van der Waals surface area contributed by atoms with Crippen LogP contribution in [-0.4, -0.2) is 28.9 Å². The van der Waals surface area contributed by atoms with E-state index in [4.69, 9.17) is 5.10 Å². The molecule has 25 heavy (non-hydrogen) atoms. The van der Waals surface area contributed by atoms with Crippen LogP contribution in [0.2, 0.25) is 0 Å². The average molecular weight is 394 g/mol. The Balaban J connectivity index is 1.76. The fraction of sp³-hybridized carbons (Fsp3) is 0.105. The molecule has 0 saturated heterocycles. The van der Waals surface area contributed by atoms with Crippen LogP contribution in [0.25, 0.3) is 0 Å². The smallest absolute Gasteiger partial charge is 0.113 e. The van der Waals surface area contributed by atoms with E-state index in [1.165, 1.54) is 0 Å². The van der Waals surface area contributed by atoms with Gasteiger partial charge in [0.25, 0.3) is 0 Å². The zero-order chi connectivity index (χ0) is 17.1. The summed E-state index contributed by atoms with van der Waals surface area (Å²) in [7, 11) is 0. The van der Waals surface area contributed by atoms with E-state index in [1.54, 1.807) is 12.4 Å². The van der Waals surface area contributed by atoms with Gasteiger partial charge in [0.1, 0.15) is 12.4 Å². The second-order valence-corrected chi connectivity index (χ2v) is 6.52. The van der Waals surface area contributed by atoms with Gasteiger partial charge in [-0.2, -0.15) is 5.10 Å². The van der Waals surface area contributed by atoms with Crippen molar-refractivity contribution >= 4 is 33.0 Å². The SMILES string of the molecule is Brc1ccccc1N1CN(c2cccnc2)CC(c2ccccn2)=N1. The van der Waals surface area contributed by atoms with Crippen molar-refractivity contribution in [3.05, 3.63) is 83.4 Å². The molecule has 0 bridgehead atoms. The summed E-state index contributed by atoms with van der Waals surface area (Å²) in [6.07, 6.45) is 5.45. The van der Waals surface area contributed by atoms with E-state index in [0.29, 0.717) is 13.2 Å². The Hall–Kier alpha value is -2.73. The van der Waals surface area contributed by atoms with Crippen LogP contribution < -0.4 is 9.91 Å². The summed E-state index contributed by atoms with van der Waals surface area (Å²) < 4.78 is 1.01. The highest BCUT2D eigenvalue weighted by Gasteiger charge is 2.23. The molecule has 1 aromatic carbocycles. The summed E-state index contributed by atoms with van der Waals surface area (Å²) >= 11 is 3.63. The van der Waals surface area contributed by atoms with Gasteiger partial charge in [0.15, 0.2) is 0 Å². The van der Waals surface area contributed by atoms with Gasteiger partial charge in [0, 0.05) is 16.9 Å². The van der Waals surface area contributed by atoms with Crippen molar-refractivity contribution in [2.24, 2.45) is 5.10 Å². The summed E-state index contributed by atoms with van der Waals surface area (Å²) in [6, 6.07) is 18.0. The number of hydrazone groups is 1. The van der Waals surface area contributed by atoms with E-state index in [0.717, 1.165) is 27.3 Å². The lowest BCUT2D eigenvalue weighted by atomic mass is 10.2. The number of rotatable bonds is 3. The standard InChI is InChI=1S/C19H16BrN5/c20-16-7-1-2-9-19(16)25-14-24(15-6-5-10-21-12-15)13-18(23-25)17-8-3-4-11-22-17/h1-12H,13-14H2. The van der Waals surface area contributed by atoms with Crippen molar-refractivity contribution in [3.8, 4) is 0 Å². The average Bonchev–Trinajstić information content (AvgIpc) is 2.69. The van der Waals surface area contributed by atoms with Gasteiger partial charge in [-0.1, -0.05) is 18.2 Å². The molecule has 124 valence electrons. The lowest BCUT2D eigenvalue weighted by molar-refractivity contribution is 0.753. The van der Waals surface area contributed by atoms with Gasteiger partial charge in [-0.25, -0.2) is 5.01 Å². The third kappa shape index (κ3) is 3.39. The lowest BCUT2D eigenvalue weighted by Crippen LogP contribution is -2.44. The minimum absolute atomic E-state index is 0.643. The third-order valence-corrected chi connectivity index (χ3v) is 4.66. The molecule has 1 aliphatic heterocycles. The van der Waals surface area contributed by atoms with Gasteiger partial charge < -0.3 is 4.90 Å². The first-order chi connectivity index (χ1) is 12.3. The number of nitrogens with zero attached hydrogens (tertiary/aromatic N) is 5. The highest BCUT2D eigenvalue weighted by molar-refractivity contribution is 9.10. The number of anilines is 2. The molecule has 4 rings (SSSR count). The van der Waals surface area contributed by atoms with E-state index in [9.17, 15) is 0 Å². The van der Waals surface area contributed by atoms with E-state index in [1.807, 2.05) is 53.7 Å². The molecule has 0 saturated carbocycles. The van der Waals surface area contributed by atoms with Crippen molar-refractivity contribution in [2.45, 2.75) is 0 Å². The first kappa shape index (κ1) is 15.8. The van der Waals surface area contributed by atoms with Gasteiger partial charge in [-0.05, 0) is 52.3 Å². The fourth-order valence-electron chi connectivity index (χ4n) is 2.77. The number of pyridine rings is 2. The van der Waals surface area contributed by atoms with Crippen LogP contribution in [0.15, 0.2) is 82.8 Å². The zero-order valence-corrected chi connectivity index (χ0v) is 15.0. The maximum atomic E-state index is 4.85. The van der Waals surface area contributed by atoms with Crippen molar-refractivity contribution in [3.63, 3.8) is 0 Å². The molecule has 0 fully saturated rings. The Morgan fingerprint density at radius 3 is 2.56 bits per heavy atom. The molecule has 0 unspecified atom stereocenters. The van der Waals surface area contributed by atoms with E-state index >= 15 is 0 Å². The zero-order valence-electron chi connectivity index (χ0n) is 13.5. The number of para-hydroxylation sites is 1. The van der Waals surface area contributed by atoms with E-state index in [2.05, 4.69) is 42.9 Å².